The van der Waals surface area contributed by atoms with Gasteiger partial charge < -0.3 is 15.1 Å². The lowest BCUT2D eigenvalue weighted by atomic mass is 10.1. The Labute approximate surface area is 128 Å². The highest BCUT2D eigenvalue weighted by atomic mass is 16.9. The van der Waals surface area contributed by atoms with Crippen molar-refractivity contribution in [2.75, 3.05) is 31.1 Å². The molecule has 0 aliphatic carbocycles. The summed E-state index contributed by atoms with van der Waals surface area (Å²) in [6.07, 6.45) is 2.41. The highest BCUT2D eigenvalue weighted by Crippen LogP contribution is 2.28. The fourth-order valence-corrected chi connectivity index (χ4v) is 2.93. The summed E-state index contributed by atoms with van der Waals surface area (Å²) in [5, 5.41) is 14.0. The third kappa shape index (κ3) is 3.09. The summed E-state index contributed by atoms with van der Waals surface area (Å²) in [6, 6.07) is 10.2. The maximum atomic E-state index is 10.3. The van der Waals surface area contributed by atoms with Gasteiger partial charge in [-0.15, -0.1) is 10.1 Å². The predicted octanol–water partition coefficient (Wildman–Crippen LogP) is 1.61. The van der Waals surface area contributed by atoms with Crippen LogP contribution in [0.4, 0.5) is 5.69 Å². The predicted molar refractivity (Wildman–Crippen MR) is 83.3 cm³/mol. The second kappa shape index (κ2) is 6.57. The van der Waals surface area contributed by atoms with E-state index in [4.69, 9.17) is 0 Å². The Hall–Kier alpha value is -2.41. The van der Waals surface area contributed by atoms with Crippen molar-refractivity contribution in [3.05, 3.63) is 46.6 Å². The van der Waals surface area contributed by atoms with Crippen LogP contribution in [0.2, 0.25) is 0 Å². The van der Waals surface area contributed by atoms with E-state index < -0.39 is 5.09 Å². The van der Waals surface area contributed by atoms with E-state index in [-0.39, 0.29) is 12.6 Å². The molecule has 1 aromatic carbocycles. The zero-order valence-corrected chi connectivity index (χ0v) is 12.1. The summed E-state index contributed by atoms with van der Waals surface area (Å²) in [4.78, 5) is 21.5. The lowest BCUT2D eigenvalue weighted by Gasteiger charge is -2.38. The largest absolute Gasteiger partial charge is 0.365 e. The third-order valence-electron chi connectivity index (χ3n) is 3.93. The number of benzene rings is 1. The monoisotopic (exact) mass is 302 g/mol. The molecule has 1 N–H and O–H groups in total. The summed E-state index contributed by atoms with van der Waals surface area (Å²) >= 11 is 0. The molecule has 0 saturated carbocycles. The molecule has 0 bridgehead atoms. The number of fused-ring (bicyclic) bond motifs is 1. The first-order chi connectivity index (χ1) is 10.8. The number of nitrogens with one attached hydrogen (secondary N) is 1. The second-order valence-corrected chi connectivity index (χ2v) is 5.24. The fourth-order valence-electron chi connectivity index (χ4n) is 2.93. The van der Waals surface area contributed by atoms with E-state index in [1.165, 1.54) is 0 Å². The first-order valence-electron chi connectivity index (χ1n) is 7.34. The first-order valence-corrected chi connectivity index (χ1v) is 7.34. The Morgan fingerprint density at radius 3 is 3.14 bits per heavy atom. The molecule has 3 rings (SSSR count). The molecule has 7 nitrogen and oxygen atoms in total. The fraction of sp³-hybridized carbons (Fsp3) is 0.400. The van der Waals surface area contributed by atoms with Crippen molar-refractivity contribution in [1.29, 1.82) is 0 Å². The number of nitrogens with zero attached hydrogens (tertiary/aromatic N) is 3. The van der Waals surface area contributed by atoms with Gasteiger partial charge in [-0.2, -0.15) is 0 Å². The summed E-state index contributed by atoms with van der Waals surface area (Å²) in [7, 11) is 0. The molecule has 2 heterocycles. The summed E-state index contributed by atoms with van der Waals surface area (Å²) < 4.78 is 0. The van der Waals surface area contributed by atoms with Crippen LogP contribution in [-0.2, 0) is 4.84 Å². The summed E-state index contributed by atoms with van der Waals surface area (Å²) in [5.41, 5.74) is 2.08. The Kier molecular flexibility index (Phi) is 4.34. The topological polar surface area (TPSA) is 80.5 Å². The maximum absolute atomic E-state index is 10.3. The number of anilines is 1. The Morgan fingerprint density at radius 2 is 2.27 bits per heavy atom. The molecule has 1 atom stereocenters. The van der Waals surface area contributed by atoms with Crippen molar-refractivity contribution in [3.63, 3.8) is 0 Å². The van der Waals surface area contributed by atoms with Crippen LogP contribution in [0.15, 0.2) is 36.5 Å². The van der Waals surface area contributed by atoms with E-state index in [0.29, 0.717) is 6.42 Å². The summed E-state index contributed by atoms with van der Waals surface area (Å²) in [6.45, 7) is 2.65. The molecule has 1 saturated heterocycles. The average Bonchev–Trinajstić information content (AvgIpc) is 2.54. The van der Waals surface area contributed by atoms with Gasteiger partial charge >= 0.3 is 0 Å². The molecule has 0 spiro atoms. The molecule has 1 aliphatic heterocycles. The molecule has 1 aliphatic rings. The van der Waals surface area contributed by atoms with Gasteiger partial charge in [-0.3, -0.25) is 4.98 Å². The van der Waals surface area contributed by atoms with Gasteiger partial charge in [0, 0.05) is 42.9 Å². The van der Waals surface area contributed by atoms with E-state index in [9.17, 15) is 10.1 Å². The van der Waals surface area contributed by atoms with Crippen LogP contribution in [-0.4, -0.2) is 42.4 Å². The maximum Gasteiger partial charge on any atom is 0.294 e. The Bertz CT molecular complexity index is 659. The molecule has 1 aromatic heterocycles. The minimum Gasteiger partial charge on any atom is -0.365 e. The zero-order valence-electron chi connectivity index (χ0n) is 12.1. The number of rotatable bonds is 5. The first kappa shape index (κ1) is 14.5. The van der Waals surface area contributed by atoms with E-state index in [2.05, 4.69) is 26.1 Å². The van der Waals surface area contributed by atoms with Crippen LogP contribution in [0.5, 0.6) is 0 Å². The third-order valence-corrected chi connectivity index (χ3v) is 3.93. The van der Waals surface area contributed by atoms with Crippen molar-refractivity contribution >= 4 is 16.6 Å². The second-order valence-electron chi connectivity index (χ2n) is 5.24. The lowest BCUT2D eigenvalue weighted by Crippen LogP contribution is -2.52. The van der Waals surface area contributed by atoms with Gasteiger partial charge in [0.2, 0.25) is 0 Å². The van der Waals surface area contributed by atoms with Crippen molar-refractivity contribution in [1.82, 2.24) is 10.3 Å². The molecule has 0 amide bonds. The Morgan fingerprint density at radius 1 is 1.41 bits per heavy atom. The van der Waals surface area contributed by atoms with Crippen LogP contribution in [0.1, 0.15) is 6.42 Å². The van der Waals surface area contributed by atoms with E-state index >= 15 is 0 Å². The van der Waals surface area contributed by atoms with E-state index in [0.717, 1.165) is 36.2 Å². The van der Waals surface area contributed by atoms with Gasteiger partial charge in [-0.1, -0.05) is 18.2 Å². The molecule has 116 valence electrons. The SMILES string of the molecule is O=[N+]([O-])OCCC1CNCCN1c1ccnc2ccccc12. The molecule has 7 heteroatoms. The van der Waals surface area contributed by atoms with Gasteiger partial charge in [0.25, 0.3) is 5.09 Å². The van der Waals surface area contributed by atoms with Crippen molar-refractivity contribution in [3.8, 4) is 0 Å². The molecule has 1 unspecified atom stereocenters. The quantitative estimate of drug-likeness (QED) is 0.667. The number of aromatic nitrogens is 1. The van der Waals surface area contributed by atoms with Crippen LogP contribution in [0, 0.1) is 10.1 Å². The lowest BCUT2D eigenvalue weighted by molar-refractivity contribution is -0.757. The van der Waals surface area contributed by atoms with E-state index in [1.54, 1.807) is 0 Å². The van der Waals surface area contributed by atoms with Crippen molar-refractivity contribution < 1.29 is 9.92 Å². The smallest absolute Gasteiger partial charge is 0.294 e. The number of hydrogen-bond donors (Lipinski definition) is 1. The molecule has 1 fully saturated rings. The number of hydrogen-bond acceptors (Lipinski definition) is 6. The van der Waals surface area contributed by atoms with Crippen LogP contribution < -0.4 is 10.2 Å². The molecular weight excluding hydrogens is 284 g/mol. The normalized spacial score (nSPS) is 18.4. The molecular formula is C15H18N4O3. The molecule has 2 aromatic rings. The molecule has 0 radical (unpaired) electrons. The van der Waals surface area contributed by atoms with Gasteiger partial charge in [-0.25, -0.2) is 0 Å². The van der Waals surface area contributed by atoms with Crippen molar-refractivity contribution in [2.24, 2.45) is 0 Å². The van der Waals surface area contributed by atoms with Crippen LogP contribution in [0.25, 0.3) is 10.9 Å². The minimum atomic E-state index is -0.734. The van der Waals surface area contributed by atoms with Gasteiger partial charge in [-0.05, 0) is 18.6 Å². The number of pyridine rings is 1. The van der Waals surface area contributed by atoms with Gasteiger partial charge in [0.05, 0.1) is 12.1 Å². The summed E-state index contributed by atoms with van der Waals surface area (Å²) in [5.74, 6) is 0. The van der Waals surface area contributed by atoms with Gasteiger partial charge in [0.15, 0.2) is 0 Å². The highest BCUT2D eigenvalue weighted by molar-refractivity contribution is 5.91. The van der Waals surface area contributed by atoms with Crippen LogP contribution in [0.3, 0.4) is 0 Å². The van der Waals surface area contributed by atoms with Crippen LogP contribution >= 0.6 is 0 Å². The van der Waals surface area contributed by atoms with Gasteiger partial charge in [0.1, 0.15) is 0 Å². The standard InChI is InChI=1S/C15H18N4O3/c20-19(21)22-10-6-12-11-16-8-9-18(12)15-5-7-17-14-4-2-1-3-13(14)15/h1-5,7,12,16H,6,8-11H2. The zero-order chi connectivity index (χ0) is 15.4. The Balaban J connectivity index is 1.84. The minimum absolute atomic E-state index is 0.110. The number of piperazine rings is 1. The van der Waals surface area contributed by atoms with E-state index in [1.807, 2.05) is 30.5 Å². The average molecular weight is 302 g/mol. The van der Waals surface area contributed by atoms with Crippen molar-refractivity contribution in [2.45, 2.75) is 12.5 Å². The number of para-hydroxylation sites is 1. The molecule has 22 heavy (non-hydrogen) atoms. The highest BCUT2D eigenvalue weighted by Gasteiger charge is 2.24.